The molecule has 1 saturated heterocycles. The van der Waals surface area contributed by atoms with Gasteiger partial charge in [0, 0.05) is 6.42 Å². The fourth-order valence-electron chi connectivity index (χ4n) is 2.20. The predicted octanol–water partition coefficient (Wildman–Crippen LogP) is 0.171. The van der Waals surface area contributed by atoms with Crippen LogP contribution in [0.2, 0.25) is 0 Å². The van der Waals surface area contributed by atoms with Crippen molar-refractivity contribution in [3.05, 3.63) is 35.4 Å². The van der Waals surface area contributed by atoms with E-state index in [0.717, 1.165) is 12.1 Å². The lowest BCUT2D eigenvalue weighted by atomic mass is 10.1. The van der Waals surface area contributed by atoms with Gasteiger partial charge in [0.2, 0.25) is 5.91 Å². The van der Waals surface area contributed by atoms with E-state index in [9.17, 15) is 27.1 Å². The van der Waals surface area contributed by atoms with E-state index in [1.807, 2.05) is 0 Å². The number of aliphatic hydroxyl groups excluding tert-OH is 1. The molecule has 1 fully saturated rings. The Morgan fingerprint density at radius 3 is 2.57 bits per heavy atom. The highest BCUT2D eigenvalue weighted by molar-refractivity contribution is 7.91. The first-order chi connectivity index (χ1) is 9.77. The fourth-order valence-corrected chi connectivity index (χ4v) is 3.94. The van der Waals surface area contributed by atoms with Crippen molar-refractivity contribution in [1.29, 1.82) is 0 Å². The summed E-state index contributed by atoms with van der Waals surface area (Å²) in [7, 11) is -3.32. The standard InChI is InChI=1S/C13H15F2NO4S/c14-9-3-1-8(5-10(9)15)2-4-13(18)16-11-6-21(19,20)7-12(11)17/h1,3,5,11-12,17H,2,4,6-7H2,(H,16,18)/t11-,12-/m1/s1. The maximum absolute atomic E-state index is 13.0. The van der Waals surface area contributed by atoms with Gasteiger partial charge >= 0.3 is 0 Å². The molecule has 1 heterocycles. The number of carbonyl (C=O) groups excluding carboxylic acids is 1. The van der Waals surface area contributed by atoms with E-state index in [2.05, 4.69) is 5.32 Å². The van der Waals surface area contributed by atoms with Gasteiger partial charge in [-0.1, -0.05) is 6.07 Å². The minimum Gasteiger partial charge on any atom is -0.390 e. The Morgan fingerprint density at radius 2 is 2.00 bits per heavy atom. The van der Waals surface area contributed by atoms with E-state index in [4.69, 9.17) is 0 Å². The van der Waals surface area contributed by atoms with Crippen LogP contribution < -0.4 is 5.32 Å². The quantitative estimate of drug-likeness (QED) is 0.829. The zero-order chi connectivity index (χ0) is 15.6. The third-order valence-corrected chi connectivity index (χ3v) is 5.01. The number of sulfone groups is 1. The number of carbonyl (C=O) groups is 1. The first-order valence-corrected chi connectivity index (χ1v) is 8.21. The van der Waals surface area contributed by atoms with Crippen LogP contribution in [0.15, 0.2) is 18.2 Å². The van der Waals surface area contributed by atoms with E-state index < -0.39 is 39.5 Å². The van der Waals surface area contributed by atoms with E-state index in [-0.39, 0.29) is 24.3 Å². The van der Waals surface area contributed by atoms with Crippen molar-refractivity contribution in [3.63, 3.8) is 0 Å². The molecule has 5 nitrogen and oxygen atoms in total. The Balaban J connectivity index is 1.86. The van der Waals surface area contributed by atoms with E-state index in [1.54, 1.807) is 0 Å². The Kier molecular flexibility index (Phi) is 4.58. The molecule has 0 aromatic heterocycles. The van der Waals surface area contributed by atoms with Gasteiger partial charge in [0.05, 0.1) is 23.7 Å². The molecule has 1 aromatic rings. The molecule has 2 atom stereocenters. The molecule has 0 unspecified atom stereocenters. The van der Waals surface area contributed by atoms with E-state index in [1.165, 1.54) is 6.07 Å². The second-order valence-corrected chi connectivity index (χ2v) is 7.22. The van der Waals surface area contributed by atoms with Gasteiger partial charge in [-0.05, 0) is 24.1 Å². The number of hydrogen-bond donors (Lipinski definition) is 2. The zero-order valence-electron chi connectivity index (χ0n) is 11.1. The summed E-state index contributed by atoms with van der Waals surface area (Å²) in [6, 6.07) is 2.56. The van der Waals surface area contributed by atoms with Crippen molar-refractivity contribution in [1.82, 2.24) is 5.32 Å². The maximum Gasteiger partial charge on any atom is 0.220 e. The highest BCUT2D eigenvalue weighted by Crippen LogP contribution is 2.13. The Morgan fingerprint density at radius 1 is 1.29 bits per heavy atom. The van der Waals surface area contributed by atoms with Gasteiger partial charge in [0.25, 0.3) is 0 Å². The summed E-state index contributed by atoms with van der Waals surface area (Å²) >= 11 is 0. The van der Waals surface area contributed by atoms with Crippen molar-refractivity contribution in [3.8, 4) is 0 Å². The van der Waals surface area contributed by atoms with Crippen LogP contribution >= 0.6 is 0 Å². The topological polar surface area (TPSA) is 83.5 Å². The van der Waals surface area contributed by atoms with Crippen molar-refractivity contribution in [2.24, 2.45) is 0 Å². The number of benzene rings is 1. The highest BCUT2D eigenvalue weighted by atomic mass is 32.2. The molecule has 1 aliphatic rings. The number of aliphatic hydroxyl groups is 1. The third kappa shape index (κ3) is 4.21. The van der Waals surface area contributed by atoms with Crippen LogP contribution in [-0.2, 0) is 21.1 Å². The smallest absolute Gasteiger partial charge is 0.220 e. The SMILES string of the molecule is O=C(CCc1ccc(F)c(F)c1)N[C@@H]1CS(=O)(=O)C[C@H]1O. The van der Waals surface area contributed by atoms with E-state index >= 15 is 0 Å². The second-order valence-electron chi connectivity index (χ2n) is 5.07. The fraction of sp³-hybridized carbons (Fsp3) is 0.462. The summed E-state index contributed by atoms with van der Waals surface area (Å²) in [4.78, 5) is 11.7. The summed E-state index contributed by atoms with van der Waals surface area (Å²) in [6.07, 6.45) is -0.922. The van der Waals surface area contributed by atoms with E-state index in [0.29, 0.717) is 5.56 Å². The molecule has 0 radical (unpaired) electrons. The van der Waals surface area contributed by atoms with Gasteiger partial charge in [-0.15, -0.1) is 0 Å². The maximum atomic E-state index is 13.0. The number of halogens is 2. The molecule has 0 bridgehead atoms. The summed E-state index contributed by atoms with van der Waals surface area (Å²) < 4.78 is 48.3. The van der Waals surface area contributed by atoms with Crippen LogP contribution in [-0.4, -0.2) is 43.1 Å². The minimum atomic E-state index is -3.32. The molecule has 0 aliphatic carbocycles. The molecule has 21 heavy (non-hydrogen) atoms. The average Bonchev–Trinajstić information content (AvgIpc) is 2.64. The summed E-state index contributed by atoms with van der Waals surface area (Å²) in [6.45, 7) is 0. The predicted molar refractivity (Wildman–Crippen MR) is 71.3 cm³/mol. The normalized spacial score (nSPS) is 24.0. The minimum absolute atomic E-state index is 0.00562. The third-order valence-electron chi connectivity index (χ3n) is 3.29. The van der Waals surface area contributed by atoms with Gasteiger partial charge in [0.1, 0.15) is 0 Å². The molecule has 8 heteroatoms. The highest BCUT2D eigenvalue weighted by Gasteiger charge is 2.37. The lowest BCUT2D eigenvalue weighted by molar-refractivity contribution is -0.122. The molecule has 1 amide bonds. The Labute approximate surface area is 120 Å². The largest absolute Gasteiger partial charge is 0.390 e. The van der Waals surface area contributed by atoms with Gasteiger partial charge in [-0.2, -0.15) is 0 Å². The molecule has 0 saturated carbocycles. The molecule has 1 aromatic carbocycles. The lowest BCUT2D eigenvalue weighted by Gasteiger charge is -2.14. The van der Waals surface area contributed by atoms with Crippen LogP contribution in [0.25, 0.3) is 0 Å². The molecular formula is C13H15F2NO4S. The number of nitrogens with one attached hydrogen (secondary N) is 1. The first kappa shape index (κ1) is 15.8. The van der Waals surface area contributed by atoms with Crippen molar-refractivity contribution in [2.75, 3.05) is 11.5 Å². The second kappa shape index (κ2) is 6.07. The van der Waals surface area contributed by atoms with Gasteiger partial charge in [0.15, 0.2) is 21.5 Å². The summed E-state index contributed by atoms with van der Waals surface area (Å²) in [5.74, 6) is -3.03. The van der Waals surface area contributed by atoms with Crippen molar-refractivity contribution >= 4 is 15.7 Å². The zero-order valence-corrected chi connectivity index (χ0v) is 11.9. The van der Waals surface area contributed by atoms with Crippen LogP contribution in [0.3, 0.4) is 0 Å². The number of aryl methyl sites for hydroxylation is 1. The summed E-state index contributed by atoms with van der Waals surface area (Å²) in [5, 5.41) is 12.0. The first-order valence-electron chi connectivity index (χ1n) is 6.38. The molecule has 1 aliphatic heterocycles. The molecule has 2 N–H and O–H groups in total. The van der Waals surface area contributed by atoms with Gasteiger partial charge in [-0.3, -0.25) is 4.79 Å². The number of hydrogen-bond acceptors (Lipinski definition) is 4. The Hall–Kier alpha value is -1.54. The van der Waals surface area contributed by atoms with Crippen LogP contribution in [0, 0.1) is 11.6 Å². The molecule has 0 spiro atoms. The van der Waals surface area contributed by atoms with Crippen LogP contribution in [0.4, 0.5) is 8.78 Å². The number of rotatable bonds is 4. The van der Waals surface area contributed by atoms with Crippen molar-refractivity contribution in [2.45, 2.75) is 25.0 Å². The summed E-state index contributed by atoms with van der Waals surface area (Å²) in [5.41, 5.74) is 0.462. The van der Waals surface area contributed by atoms with Gasteiger partial charge < -0.3 is 10.4 Å². The van der Waals surface area contributed by atoms with Crippen LogP contribution in [0.1, 0.15) is 12.0 Å². The number of amides is 1. The monoisotopic (exact) mass is 319 g/mol. The molecular weight excluding hydrogens is 304 g/mol. The van der Waals surface area contributed by atoms with Crippen LogP contribution in [0.5, 0.6) is 0 Å². The Bertz CT molecular complexity index is 648. The average molecular weight is 319 g/mol. The lowest BCUT2D eigenvalue weighted by Crippen LogP contribution is -2.42. The van der Waals surface area contributed by atoms with Crippen molar-refractivity contribution < 1.29 is 27.1 Å². The molecule has 116 valence electrons. The van der Waals surface area contributed by atoms with Gasteiger partial charge in [-0.25, -0.2) is 17.2 Å². The molecule has 2 rings (SSSR count).